The predicted octanol–water partition coefficient (Wildman–Crippen LogP) is 5.75. The van der Waals surface area contributed by atoms with E-state index in [-0.39, 0.29) is 0 Å². The van der Waals surface area contributed by atoms with E-state index in [9.17, 15) is 9.59 Å². The Balaban J connectivity index is 1.45. The maximum absolute atomic E-state index is 12.6. The van der Waals surface area contributed by atoms with Crippen LogP contribution < -0.4 is 0 Å². The van der Waals surface area contributed by atoms with Crippen molar-refractivity contribution in [3.63, 3.8) is 0 Å². The topological polar surface area (TPSA) is 40.6 Å². The Morgan fingerprint density at radius 3 is 2.41 bits per heavy atom. The molecule has 0 spiro atoms. The smallest absolute Gasteiger partial charge is 0.222 e. The molecule has 4 aliphatic rings. The average Bonchev–Trinajstić information content (AvgIpc) is 3.13. The number of hydrogen-bond donors (Lipinski definition) is 0. The van der Waals surface area contributed by atoms with Crippen molar-refractivity contribution in [2.24, 2.45) is 40.4 Å². The third-order valence-electron chi connectivity index (χ3n) is 11.2. The molecule has 4 heteroatoms. The van der Waals surface area contributed by atoms with Gasteiger partial charge in [0.05, 0.1) is 0 Å². The largest absolute Gasteiger partial charge is 0.343 e. The van der Waals surface area contributed by atoms with E-state index in [1.54, 1.807) is 0 Å². The summed E-state index contributed by atoms with van der Waals surface area (Å²) in [7, 11) is 2.06. The van der Waals surface area contributed by atoms with Crippen molar-refractivity contribution in [1.82, 2.24) is 9.80 Å². The second kappa shape index (κ2) is 8.95. The van der Waals surface area contributed by atoms with Crippen LogP contribution in [0.1, 0.15) is 98.8 Å². The zero-order valence-corrected chi connectivity index (χ0v) is 21.7. The van der Waals surface area contributed by atoms with Crippen molar-refractivity contribution in [1.29, 1.82) is 0 Å². The molecule has 3 saturated carbocycles. The van der Waals surface area contributed by atoms with Gasteiger partial charge in [-0.2, -0.15) is 0 Å². The van der Waals surface area contributed by atoms with Crippen molar-refractivity contribution < 1.29 is 9.59 Å². The maximum atomic E-state index is 12.6. The van der Waals surface area contributed by atoms with Crippen LogP contribution in [0.15, 0.2) is 0 Å². The molecule has 182 valence electrons. The van der Waals surface area contributed by atoms with Gasteiger partial charge in [-0.05, 0) is 106 Å². The molecule has 1 heterocycles. The van der Waals surface area contributed by atoms with Crippen LogP contribution in [0.2, 0.25) is 0 Å². The Kier molecular flexibility index (Phi) is 6.73. The fourth-order valence-corrected chi connectivity index (χ4v) is 9.41. The molecule has 32 heavy (non-hydrogen) atoms. The Labute approximate surface area is 196 Å². The van der Waals surface area contributed by atoms with Gasteiger partial charge in [-0.1, -0.05) is 20.8 Å². The Morgan fingerprint density at radius 1 is 1.03 bits per heavy atom. The fourth-order valence-electron chi connectivity index (χ4n) is 9.41. The molecule has 4 nitrogen and oxygen atoms in total. The van der Waals surface area contributed by atoms with E-state index < -0.39 is 0 Å². The Hall–Kier alpha value is -1.06. The number of rotatable bonds is 6. The Bertz CT molecular complexity index is 718. The molecular weight excluding hydrogens is 396 g/mol. The molecular formula is C28H48N2O2. The van der Waals surface area contributed by atoms with Gasteiger partial charge < -0.3 is 9.80 Å². The number of likely N-dealkylation sites (tertiary alicyclic amines) is 1. The van der Waals surface area contributed by atoms with Crippen LogP contribution in [-0.4, -0.2) is 47.8 Å². The van der Waals surface area contributed by atoms with E-state index in [1.165, 1.54) is 38.5 Å². The number of carbonyl (C=O) groups excluding carboxylic acids is 2. The van der Waals surface area contributed by atoms with E-state index in [4.69, 9.17) is 0 Å². The zero-order chi connectivity index (χ0) is 23.3. The van der Waals surface area contributed by atoms with Crippen LogP contribution in [-0.2, 0) is 9.59 Å². The third-order valence-corrected chi connectivity index (χ3v) is 11.2. The summed E-state index contributed by atoms with van der Waals surface area (Å²) in [5.41, 5.74) is 0.755. The lowest BCUT2D eigenvalue weighted by atomic mass is 9.46. The third kappa shape index (κ3) is 3.72. The predicted molar refractivity (Wildman–Crippen MR) is 130 cm³/mol. The van der Waals surface area contributed by atoms with Crippen LogP contribution >= 0.6 is 0 Å². The van der Waals surface area contributed by atoms with Crippen LogP contribution in [0.5, 0.6) is 0 Å². The summed E-state index contributed by atoms with van der Waals surface area (Å²) in [5.74, 6) is 4.56. The maximum Gasteiger partial charge on any atom is 0.222 e. The first-order valence-electron chi connectivity index (χ1n) is 13.7. The second-order valence-corrected chi connectivity index (χ2v) is 12.3. The van der Waals surface area contributed by atoms with E-state index >= 15 is 0 Å². The molecule has 0 aromatic rings. The summed E-state index contributed by atoms with van der Waals surface area (Å²) in [6.45, 7) is 13.4. The summed E-state index contributed by atoms with van der Waals surface area (Å²) in [6, 6.07) is 0.455. The first kappa shape index (κ1) is 24.1. The number of carbonyl (C=O) groups is 2. The summed E-state index contributed by atoms with van der Waals surface area (Å²) in [6.07, 6.45) is 11.5. The van der Waals surface area contributed by atoms with Gasteiger partial charge in [0.1, 0.15) is 0 Å². The summed E-state index contributed by atoms with van der Waals surface area (Å²) < 4.78 is 0. The highest BCUT2D eigenvalue weighted by Gasteiger charge is 2.61. The van der Waals surface area contributed by atoms with Gasteiger partial charge in [-0.25, -0.2) is 0 Å². The average molecular weight is 445 g/mol. The van der Waals surface area contributed by atoms with E-state index in [2.05, 4.69) is 46.6 Å². The van der Waals surface area contributed by atoms with Gasteiger partial charge in [0.15, 0.2) is 0 Å². The molecule has 8 atom stereocenters. The molecule has 0 aromatic carbocycles. The lowest BCUT2D eigenvalue weighted by Crippen LogP contribution is -2.61. The standard InChI is InChI=1S/C28H48N2O2/c1-7-30(8-2)26(32)14-9-19(3)21-11-12-22-20-10-13-24-28(5,18-16-25(31)29(24)6)23(20)15-17-27(21,22)4/h19-24H,7-18H2,1-6H3/t19?,20-,21+,22-,23-,24?,27+,28+/m0/s1. The minimum Gasteiger partial charge on any atom is -0.343 e. The number of nitrogens with zero attached hydrogens (tertiary/aromatic N) is 2. The number of amides is 2. The molecule has 1 aliphatic heterocycles. The molecule has 4 fully saturated rings. The second-order valence-electron chi connectivity index (χ2n) is 12.3. The SMILES string of the molecule is CCN(CC)C(=O)CCC(C)[C@H]1CC[C@H]2[C@@H]3CCC4N(C)C(=O)CC[C@]4(C)[C@H]3CC[C@]12C. The van der Waals surface area contributed by atoms with Gasteiger partial charge in [0.2, 0.25) is 11.8 Å². The number of hydrogen-bond acceptors (Lipinski definition) is 2. The molecule has 2 amide bonds. The Morgan fingerprint density at radius 2 is 1.72 bits per heavy atom. The summed E-state index contributed by atoms with van der Waals surface area (Å²) >= 11 is 0. The lowest BCUT2D eigenvalue weighted by molar-refractivity contribution is -0.158. The highest BCUT2D eigenvalue weighted by atomic mass is 16.2. The van der Waals surface area contributed by atoms with Gasteiger partial charge in [-0.15, -0.1) is 0 Å². The number of fused-ring (bicyclic) bond motifs is 5. The molecule has 0 radical (unpaired) electrons. The summed E-state index contributed by atoms with van der Waals surface area (Å²) in [5, 5.41) is 0. The van der Waals surface area contributed by atoms with E-state index in [0.29, 0.717) is 41.0 Å². The molecule has 1 saturated heterocycles. The van der Waals surface area contributed by atoms with Crippen molar-refractivity contribution >= 4 is 11.8 Å². The minimum absolute atomic E-state index is 0.312. The quantitative estimate of drug-likeness (QED) is 0.523. The zero-order valence-electron chi connectivity index (χ0n) is 21.7. The van der Waals surface area contributed by atoms with Gasteiger partial charge in [0.25, 0.3) is 0 Å². The van der Waals surface area contributed by atoms with Crippen LogP contribution in [0.3, 0.4) is 0 Å². The van der Waals surface area contributed by atoms with Crippen LogP contribution in [0.4, 0.5) is 0 Å². The fraction of sp³-hybridized carbons (Fsp3) is 0.929. The van der Waals surface area contributed by atoms with Crippen molar-refractivity contribution in [3.8, 4) is 0 Å². The lowest BCUT2D eigenvalue weighted by Gasteiger charge is -2.62. The molecule has 2 unspecified atom stereocenters. The highest BCUT2D eigenvalue weighted by molar-refractivity contribution is 5.77. The summed E-state index contributed by atoms with van der Waals surface area (Å²) in [4.78, 5) is 29.1. The van der Waals surface area contributed by atoms with Gasteiger partial charge in [0, 0.05) is 39.0 Å². The van der Waals surface area contributed by atoms with Gasteiger partial charge in [-0.3, -0.25) is 9.59 Å². The highest BCUT2D eigenvalue weighted by Crippen LogP contribution is 2.67. The van der Waals surface area contributed by atoms with E-state index in [1.807, 2.05) is 4.90 Å². The van der Waals surface area contributed by atoms with Crippen LogP contribution in [0.25, 0.3) is 0 Å². The van der Waals surface area contributed by atoms with Gasteiger partial charge >= 0.3 is 0 Å². The van der Waals surface area contributed by atoms with Crippen LogP contribution in [0, 0.1) is 40.4 Å². The molecule has 0 N–H and O–H groups in total. The molecule has 0 aromatic heterocycles. The monoisotopic (exact) mass is 444 g/mol. The molecule has 3 aliphatic carbocycles. The van der Waals surface area contributed by atoms with Crippen molar-refractivity contribution in [3.05, 3.63) is 0 Å². The van der Waals surface area contributed by atoms with Crippen molar-refractivity contribution in [2.75, 3.05) is 20.1 Å². The first-order valence-corrected chi connectivity index (χ1v) is 13.7. The minimum atomic E-state index is 0.312. The first-order chi connectivity index (χ1) is 15.2. The molecule has 4 rings (SSSR count). The number of piperidine rings is 1. The normalized spacial score (nSPS) is 42.1. The van der Waals surface area contributed by atoms with Crippen molar-refractivity contribution in [2.45, 2.75) is 105 Å². The molecule has 0 bridgehead atoms. The van der Waals surface area contributed by atoms with E-state index in [0.717, 1.165) is 56.0 Å².